The minimum Gasteiger partial charge on any atom is -0.384 e. The Balaban J connectivity index is 1.86. The quantitative estimate of drug-likeness (QED) is 0.884. The molecule has 0 unspecified atom stereocenters. The third-order valence-corrected chi connectivity index (χ3v) is 4.22. The third-order valence-electron chi connectivity index (χ3n) is 3.73. The molecule has 3 rings (SSSR count). The maximum atomic E-state index is 12.4. The first-order valence-electron chi connectivity index (χ1n) is 6.64. The summed E-state index contributed by atoms with van der Waals surface area (Å²) in [6, 6.07) is 5.83. The second kappa shape index (κ2) is 4.94. The van der Waals surface area contributed by atoms with Crippen LogP contribution in [0.1, 0.15) is 27.3 Å². The summed E-state index contributed by atoms with van der Waals surface area (Å²) in [4.78, 5) is 12.4. The van der Waals surface area contributed by atoms with Gasteiger partial charge in [-0.2, -0.15) is 5.10 Å². The number of rotatable bonds is 3. The summed E-state index contributed by atoms with van der Waals surface area (Å²) in [6.07, 6.45) is 1.25. The van der Waals surface area contributed by atoms with Crippen LogP contribution in [0.15, 0.2) is 18.2 Å². The number of ketones is 1. The van der Waals surface area contributed by atoms with Crippen molar-refractivity contribution < 1.29 is 4.79 Å². The second-order valence-electron chi connectivity index (χ2n) is 5.12. The predicted octanol–water partition coefficient (Wildman–Crippen LogP) is 2.78. The lowest BCUT2D eigenvalue weighted by Gasteiger charge is -2.05. The molecule has 1 N–H and O–H groups in total. The van der Waals surface area contributed by atoms with Crippen molar-refractivity contribution in [2.24, 2.45) is 7.05 Å². The molecule has 104 valence electrons. The zero-order valence-electron chi connectivity index (χ0n) is 11.5. The number of halogens is 1. The lowest BCUT2D eigenvalue weighted by molar-refractivity contribution is 0.0990. The summed E-state index contributed by atoms with van der Waals surface area (Å²) in [5, 5.41) is 8.12. The van der Waals surface area contributed by atoms with E-state index in [1.807, 2.05) is 32.2 Å². The molecule has 1 aromatic carbocycles. The molecule has 20 heavy (non-hydrogen) atoms. The van der Waals surface area contributed by atoms with Crippen LogP contribution in [0.4, 0.5) is 5.69 Å². The van der Waals surface area contributed by atoms with Crippen LogP contribution in [0, 0.1) is 6.92 Å². The number of carbonyl (C=O) groups is 1. The highest BCUT2D eigenvalue weighted by atomic mass is 35.5. The number of fused-ring (bicyclic) bond motifs is 1. The molecule has 0 atom stereocenters. The molecule has 1 aliphatic heterocycles. The standard InChI is InChI=1S/C15H16ClN3O/c1-9-15(16)13(19(2)18-9)8-14(20)11-3-4-12-10(7-11)5-6-17-12/h3-4,7,17H,5-6,8H2,1-2H3. The lowest BCUT2D eigenvalue weighted by atomic mass is 10.0. The van der Waals surface area contributed by atoms with Gasteiger partial charge in [0, 0.05) is 24.8 Å². The fourth-order valence-electron chi connectivity index (χ4n) is 2.60. The zero-order chi connectivity index (χ0) is 14.3. The van der Waals surface area contributed by atoms with Crippen LogP contribution in [-0.2, 0) is 19.9 Å². The van der Waals surface area contributed by atoms with Crippen molar-refractivity contribution in [2.45, 2.75) is 19.8 Å². The molecule has 0 fully saturated rings. The van der Waals surface area contributed by atoms with E-state index in [9.17, 15) is 4.79 Å². The van der Waals surface area contributed by atoms with E-state index in [-0.39, 0.29) is 12.2 Å². The van der Waals surface area contributed by atoms with Gasteiger partial charge in [0.2, 0.25) is 0 Å². The van der Waals surface area contributed by atoms with E-state index < -0.39 is 0 Å². The molecule has 0 saturated heterocycles. The maximum Gasteiger partial charge on any atom is 0.168 e. The molecule has 0 saturated carbocycles. The van der Waals surface area contributed by atoms with E-state index in [2.05, 4.69) is 10.4 Å². The fraction of sp³-hybridized carbons (Fsp3) is 0.333. The number of aryl methyl sites for hydroxylation is 2. The van der Waals surface area contributed by atoms with E-state index in [1.54, 1.807) is 4.68 Å². The van der Waals surface area contributed by atoms with Gasteiger partial charge >= 0.3 is 0 Å². The van der Waals surface area contributed by atoms with Gasteiger partial charge in [-0.15, -0.1) is 0 Å². The number of hydrogen-bond donors (Lipinski definition) is 1. The SMILES string of the molecule is Cc1nn(C)c(CC(=O)c2ccc3c(c2)CCN3)c1Cl. The molecular weight excluding hydrogens is 274 g/mol. The highest BCUT2D eigenvalue weighted by Crippen LogP contribution is 2.25. The van der Waals surface area contributed by atoms with Crippen LogP contribution < -0.4 is 5.32 Å². The van der Waals surface area contributed by atoms with Crippen LogP contribution in [-0.4, -0.2) is 22.1 Å². The van der Waals surface area contributed by atoms with Gasteiger partial charge in [0.15, 0.2) is 5.78 Å². The monoisotopic (exact) mass is 289 g/mol. The van der Waals surface area contributed by atoms with Crippen molar-refractivity contribution >= 4 is 23.1 Å². The predicted molar refractivity (Wildman–Crippen MR) is 79.6 cm³/mol. The number of Topliss-reactive ketones (excluding diaryl/α,β-unsaturated/α-hetero) is 1. The van der Waals surface area contributed by atoms with Crippen LogP contribution >= 0.6 is 11.6 Å². The van der Waals surface area contributed by atoms with Crippen molar-refractivity contribution in [1.82, 2.24) is 9.78 Å². The first kappa shape index (κ1) is 13.2. The lowest BCUT2D eigenvalue weighted by Crippen LogP contribution is -2.08. The van der Waals surface area contributed by atoms with Crippen molar-refractivity contribution in [2.75, 3.05) is 11.9 Å². The normalized spacial score (nSPS) is 13.2. The molecule has 0 radical (unpaired) electrons. The summed E-state index contributed by atoms with van der Waals surface area (Å²) >= 11 is 6.19. The summed E-state index contributed by atoms with van der Waals surface area (Å²) in [7, 11) is 1.81. The number of carbonyl (C=O) groups excluding carboxylic acids is 1. The van der Waals surface area contributed by atoms with Gasteiger partial charge in [0.25, 0.3) is 0 Å². The highest BCUT2D eigenvalue weighted by Gasteiger charge is 2.18. The molecule has 4 nitrogen and oxygen atoms in total. The second-order valence-corrected chi connectivity index (χ2v) is 5.50. The van der Waals surface area contributed by atoms with E-state index in [0.717, 1.165) is 35.6 Å². The Morgan fingerprint density at radius 2 is 2.30 bits per heavy atom. The largest absolute Gasteiger partial charge is 0.384 e. The Morgan fingerprint density at radius 3 is 3.00 bits per heavy atom. The first-order valence-corrected chi connectivity index (χ1v) is 7.02. The Morgan fingerprint density at radius 1 is 1.50 bits per heavy atom. The van der Waals surface area contributed by atoms with Crippen LogP contribution in [0.3, 0.4) is 0 Å². The molecule has 1 aliphatic rings. The Hall–Kier alpha value is -1.81. The summed E-state index contributed by atoms with van der Waals surface area (Å²) in [5.41, 5.74) is 4.62. The molecule has 0 aliphatic carbocycles. The van der Waals surface area contributed by atoms with Gasteiger partial charge in [-0.1, -0.05) is 11.6 Å². The average Bonchev–Trinajstić information content (AvgIpc) is 2.98. The number of benzene rings is 1. The van der Waals surface area contributed by atoms with Gasteiger partial charge in [0.05, 0.1) is 22.8 Å². The van der Waals surface area contributed by atoms with E-state index in [0.29, 0.717) is 5.02 Å². The van der Waals surface area contributed by atoms with Gasteiger partial charge < -0.3 is 5.32 Å². The molecule has 0 spiro atoms. The van der Waals surface area contributed by atoms with Gasteiger partial charge in [-0.25, -0.2) is 0 Å². The fourth-order valence-corrected chi connectivity index (χ4v) is 2.83. The Labute approximate surface area is 122 Å². The Bertz CT molecular complexity index is 691. The average molecular weight is 290 g/mol. The topological polar surface area (TPSA) is 46.9 Å². The molecule has 0 amide bonds. The smallest absolute Gasteiger partial charge is 0.168 e. The number of nitrogens with zero attached hydrogens (tertiary/aromatic N) is 2. The minimum atomic E-state index is 0.0737. The van der Waals surface area contributed by atoms with Crippen LogP contribution in [0.2, 0.25) is 5.02 Å². The number of hydrogen-bond acceptors (Lipinski definition) is 3. The Kier molecular flexibility index (Phi) is 3.26. The van der Waals surface area contributed by atoms with Crippen molar-refractivity contribution in [3.8, 4) is 0 Å². The number of anilines is 1. The van der Waals surface area contributed by atoms with E-state index >= 15 is 0 Å². The molecule has 1 aromatic heterocycles. The number of aromatic nitrogens is 2. The molecule has 2 aromatic rings. The van der Waals surface area contributed by atoms with Gasteiger partial charge in [-0.3, -0.25) is 9.48 Å². The third kappa shape index (κ3) is 2.20. The summed E-state index contributed by atoms with van der Waals surface area (Å²) in [6.45, 7) is 2.79. The van der Waals surface area contributed by atoms with Crippen molar-refractivity contribution in [1.29, 1.82) is 0 Å². The van der Waals surface area contributed by atoms with E-state index in [4.69, 9.17) is 11.6 Å². The zero-order valence-corrected chi connectivity index (χ0v) is 12.3. The summed E-state index contributed by atoms with van der Waals surface area (Å²) < 4.78 is 1.69. The molecule has 0 bridgehead atoms. The maximum absolute atomic E-state index is 12.4. The van der Waals surface area contributed by atoms with Gasteiger partial charge in [0.1, 0.15) is 0 Å². The van der Waals surface area contributed by atoms with E-state index in [1.165, 1.54) is 5.56 Å². The van der Waals surface area contributed by atoms with Gasteiger partial charge in [-0.05, 0) is 37.1 Å². The van der Waals surface area contributed by atoms with Crippen LogP contribution in [0.25, 0.3) is 0 Å². The minimum absolute atomic E-state index is 0.0737. The first-order chi connectivity index (χ1) is 9.56. The van der Waals surface area contributed by atoms with Crippen molar-refractivity contribution in [3.05, 3.63) is 45.7 Å². The van der Waals surface area contributed by atoms with Crippen molar-refractivity contribution in [3.63, 3.8) is 0 Å². The number of nitrogens with one attached hydrogen (secondary N) is 1. The molecular formula is C15H16ClN3O. The molecule has 2 heterocycles. The molecule has 5 heteroatoms. The highest BCUT2D eigenvalue weighted by molar-refractivity contribution is 6.32. The van der Waals surface area contributed by atoms with Crippen LogP contribution in [0.5, 0.6) is 0 Å². The summed E-state index contributed by atoms with van der Waals surface area (Å²) in [5.74, 6) is 0.0737.